The number of nitrogen functional groups attached to an aromatic ring is 1. The molecule has 9 heteroatoms. The number of carbonyl (C=O) groups excluding carboxylic acids is 2. The molecule has 6 N–H and O–H groups in total. The van der Waals surface area contributed by atoms with Gasteiger partial charge >= 0.3 is 0 Å². The van der Waals surface area contributed by atoms with Crippen LogP contribution in [0.15, 0.2) is 140 Å². The molecule has 9 nitrogen and oxygen atoms in total. The molecule has 0 fully saturated rings. The fraction of sp³-hybridized carbons (Fsp3) is 0.191. The number of nitrogens with one attached hydrogen (secondary N) is 2. The summed E-state index contributed by atoms with van der Waals surface area (Å²) in [4.78, 5) is 34.1. The van der Waals surface area contributed by atoms with E-state index in [9.17, 15) is 9.59 Å². The number of nitrogens with zero attached hydrogens (tertiary/aromatic N) is 3. The zero-order valence-corrected chi connectivity index (χ0v) is 31.5. The molecule has 0 aliphatic rings. The van der Waals surface area contributed by atoms with Gasteiger partial charge in [-0.3, -0.25) is 15.0 Å². The Labute approximate surface area is 327 Å². The first kappa shape index (κ1) is 37.7. The summed E-state index contributed by atoms with van der Waals surface area (Å²) in [6.45, 7) is 2.53. The van der Waals surface area contributed by atoms with Crippen LogP contribution in [0.5, 0.6) is 0 Å². The lowest BCUT2D eigenvalue weighted by molar-refractivity contribution is -0.120. The van der Waals surface area contributed by atoms with Crippen LogP contribution in [0.4, 0.5) is 0 Å². The number of fused-ring (bicyclic) bond motifs is 2. The minimum atomic E-state index is -0.0780. The fourth-order valence-electron chi connectivity index (χ4n) is 7.11. The van der Waals surface area contributed by atoms with E-state index < -0.39 is 0 Å². The first-order valence-electron chi connectivity index (χ1n) is 19.1. The van der Waals surface area contributed by atoms with E-state index in [1.54, 1.807) is 0 Å². The molecule has 0 atom stereocenters. The van der Waals surface area contributed by atoms with Gasteiger partial charge in [0.2, 0.25) is 5.91 Å². The van der Waals surface area contributed by atoms with Crippen molar-refractivity contribution in [3.63, 3.8) is 0 Å². The molecule has 56 heavy (non-hydrogen) atoms. The summed E-state index contributed by atoms with van der Waals surface area (Å²) in [7, 11) is 0. The summed E-state index contributed by atoms with van der Waals surface area (Å²) >= 11 is 0. The molecule has 0 saturated carbocycles. The number of nitrogens with two attached hydrogens (primary N) is 2. The number of carbonyl (C=O) groups is 2. The van der Waals surface area contributed by atoms with Crippen molar-refractivity contribution in [2.24, 2.45) is 11.5 Å². The molecular weight excluding hydrogens is 695 g/mol. The number of hydrogen-bond donors (Lipinski definition) is 4. The molecule has 0 aliphatic carbocycles. The highest BCUT2D eigenvalue weighted by atomic mass is 16.2. The van der Waals surface area contributed by atoms with E-state index in [0.29, 0.717) is 56.7 Å². The zero-order valence-electron chi connectivity index (χ0n) is 31.5. The van der Waals surface area contributed by atoms with E-state index in [1.165, 1.54) is 0 Å². The minimum Gasteiger partial charge on any atom is -0.384 e. The molecule has 2 amide bonds. The molecular formula is C47H47N7O2. The summed E-state index contributed by atoms with van der Waals surface area (Å²) in [5.74, 6) is 0.863. The van der Waals surface area contributed by atoms with Gasteiger partial charge in [0.1, 0.15) is 11.7 Å². The number of aromatic nitrogens is 2. The predicted molar refractivity (Wildman–Crippen MR) is 224 cm³/mol. The normalized spacial score (nSPS) is 11.2. The van der Waals surface area contributed by atoms with Crippen molar-refractivity contribution < 1.29 is 9.59 Å². The van der Waals surface area contributed by atoms with Crippen molar-refractivity contribution in [3.05, 3.63) is 184 Å². The van der Waals surface area contributed by atoms with Gasteiger partial charge in [-0.15, -0.1) is 0 Å². The minimum absolute atomic E-state index is 0.00681. The molecule has 6 aromatic carbocycles. The second-order valence-electron chi connectivity index (χ2n) is 14.2. The molecule has 7 aromatic rings. The highest BCUT2D eigenvalue weighted by Crippen LogP contribution is 2.24. The van der Waals surface area contributed by atoms with Crippen LogP contribution < -0.4 is 16.8 Å². The van der Waals surface area contributed by atoms with Gasteiger partial charge in [0.15, 0.2) is 0 Å². The number of amidine groups is 1. The largest absolute Gasteiger partial charge is 0.384 e. The fourth-order valence-corrected chi connectivity index (χ4v) is 7.11. The Hall–Kier alpha value is -6.58. The van der Waals surface area contributed by atoms with Crippen LogP contribution in [0, 0.1) is 5.41 Å². The Kier molecular flexibility index (Phi) is 11.9. The van der Waals surface area contributed by atoms with Gasteiger partial charge in [0.05, 0.1) is 17.5 Å². The predicted octanol–water partition coefficient (Wildman–Crippen LogP) is 7.31. The highest BCUT2D eigenvalue weighted by molar-refractivity contribution is 5.97. The monoisotopic (exact) mass is 741 g/mol. The maximum Gasteiger partial charge on any atom is 0.254 e. The van der Waals surface area contributed by atoms with Crippen molar-refractivity contribution in [1.29, 1.82) is 5.41 Å². The molecule has 1 heterocycles. The van der Waals surface area contributed by atoms with Crippen LogP contribution in [0.2, 0.25) is 0 Å². The molecule has 0 spiro atoms. The van der Waals surface area contributed by atoms with E-state index in [1.807, 2.05) is 114 Å². The van der Waals surface area contributed by atoms with Crippen LogP contribution in [0.1, 0.15) is 56.0 Å². The molecule has 0 saturated heterocycles. The van der Waals surface area contributed by atoms with Gasteiger partial charge in [-0.1, -0.05) is 115 Å². The Morgan fingerprint density at radius 1 is 0.679 bits per heavy atom. The lowest BCUT2D eigenvalue weighted by Gasteiger charge is -2.24. The molecule has 282 valence electrons. The molecule has 0 unspecified atom stereocenters. The Balaban J connectivity index is 1.14. The lowest BCUT2D eigenvalue weighted by atomic mass is 10.1. The summed E-state index contributed by atoms with van der Waals surface area (Å²) in [6.07, 6.45) is 2.47. The SMILES string of the molecule is N=C(N)c1ccc(CCc2nc3cc(C(=O)N(Cc4ccc(CN)cc4)Cc4ccc5ccccc5c4)ccc3n2CCCNC(=O)Cc2ccccc2)cc1. The lowest BCUT2D eigenvalue weighted by Crippen LogP contribution is -2.30. The van der Waals surface area contributed by atoms with Crippen LogP contribution in [-0.4, -0.2) is 38.6 Å². The van der Waals surface area contributed by atoms with E-state index in [4.69, 9.17) is 21.9 Å². The number of amides is 2. The van der Waals surface area contributed by atoms with E-state index in [2.05, 4.69) is 40.2 Å². The smallest absolute Gasteiger partial charge is 0.254 e. The third-order valence-electron chi connectivity index (χ3n) is 10.2. The number of rotatable bonds is 16. The second-order valence-corrected chi connectivity index (χ2v) is 14.2. The Morgan fingerprint density at radius 2 is 1.34 bits per heavy atom. The van der Waals surface area contributed by atoms with Gasteiger partial charge in [0, 0.05) is 50.3 Å². The maximum atomic E-state index is 14.5. The number of aryl methyl sites for hydroxylation is 3. The van der Waals surface area contributed by atoms with Crippen LogP contribution >= 0.6 is 0 Å². The quantitative estimate of drug-likeness (QED) is 0.0467. The first-order valence-corrected chi connectivity index (χ1v) is 19.1. The zero-order chi connectivity index (χ0) is 38.9. The van der Waals surface area contributed by atoms with Crippen molar-refractivity contribution in [2.75, 3.05) is 6.54 Å². The highest BCUT2D eigenvalue weighted by Gasteiger charge is 2.20. The third kappa shape index (κ3) is 9.37. The standard InChI is InChI=1S/C47H47N7O2/c48-30-35-11-13-36(14-12-35)31-53(32-37-17-19-38-9-4-5-10-40(38)27-37)47(56)41-22-23-43-42(29-41)52-44(24-18-33-15-20-39(21-16-33)46(49)50)54(43)26-6-25-51-45(55)28-34-7-2-1-3-8-34/h1-5,7-17,19-23,27,29H,6,18,24-26,28,30-32,48H2,(H3,49,50)(H,51,55). The van der Waals surface area contributed by atoms with E-state index >= 15 is 0 Å². The number of imidazole rings is 1. The summed E-state index contributed by atoms with van der Waals surface area (Å²) in [5, 5.41) is 13.1. The van der Waals surface area contributed by atoms with Gasteiger partial charge < -0.3 is 26.3 Å². The molecule has 0 bridgehead atoms. The molecule has 0 radical (unpaired) electrons. The molecule has 1 aromatic heterocycles. The van der Waals surface area contributed by atoms with Crippen molar-refractivity contribution in [2.45, 2.75) is 51.9 Å². The molecule has 7 rings (SSSR count). The van der Waals surface area contributed by atoms with Gasteiger partial charge in [0.25, 0.3) is 5.91 Å². The second kappa shape index (κ2) is 17.7. The third-order valence-corrected chi connectivity index (χ3v) is 10.2. The van der Waals surface area contributed by atoms with Crippen molar-refractivity contribution in [1.82, 2.24) is 19.8 Å². The van der Waals surface area contributed by atoms with Gasteiger partial charge in [-0.25, -0.2) is 4.98 Å². The van der Waals surface area contributed by atoms with Gasteiger partial charge in [-0.2, -0.15) is 0 Å². The maximum absolute atomic E-state index is 14.5. The number of hydrogen-bond acceptors (Lipinski definition) is 5. The number of benzene rings is 6. The van der Waals surface area contributed by atoms with Crippen LogP contribution in [-0.2, 0) is 50.2 Å². The van der Waals surface area contributed by atoms with Crippen molar-refractivity contribution >= 4 is 39.5 Å². The topological polar surface area (TPSA) is 143 Å². The van der Waals surface area contributed by atoms with Crippen LogP contribution in [0.25, 0.3) is 21.8 Å². The van der Waals surface area contributed by atoms with Crippen molar-refractivity contribution in [3.8, 4) is 0 Å². The van der Waals surface area contributed by atoms with Gasteiger partial charge in [-0.05, 0) is 75.7 Å². The van der Waals surface area contributed by atoms with Crippen LogP contribution in [0.3, 0.4) is 0 Å². The summed E-state index contributed by atoms with van der Waals surface area (Å²) in [6, 6.07) is 46.0. The first-order chi connectivity index (χ1) is 27.3. The molecule has 0 aliphatic heterocycles. The summed E-state index contributed by atoms with van der Waals surface area (Å²) in [5.41, 5.74) is 19.7. The van der Waals surface area contributed by atoms with E-state index in [-0.39, 0.29) is 17.6 Å². The Morgan fingerprint density at radius 3 is 2.09 bits per heavy atom. The average Bonchev–Trinajstić information content (AvgIpc) is 3.58. The summed E-state index contributed by atoms with van der Waals surface area (Å²) < 4.78 is 2.21. The van der Waals surface area contributed by atoms with E-state index in [0.717, 1.165) is 68.3 Å². The average molecular weight is 742 g/mol. The Bertz CT molecular complexity index is 2460.